The molecule has 0 aromatic rings. The van der Waals surface area contributed by atoms with Gasteiger partial charge in [0.05, 0.1) is 6.04 Å². The van der Waals surface area contributed by atoms with Crippen LogP contribution in [0.25, 0.3) is 0 Å². The van der Waals surface area contributed by atoms with Crippen molar-refractivity contribution in [2.75, 3.05) is 0 Å². The van der Waals surface area contributed by atoms with E-state index in [1.807, 2.05) is 19.9 Å². The van der Waals surface area contributed by atoms with E-state index in [9.17, 15) is 4.79 Å². The van der Waals surface area contributed by atoms with Gasteiger partial charge < -0.3 is 10.6 Å². The molecular formula is C13H19ClN2O. The first-order chi connectivity index (χ1) is 7.93. The maximum atomic E-state index is 12.0. The fraction of sp³-hybridized carbons (Fsp3) is 0.462. The van der Waals surface area contributed by atoms with Crippen molar-refractivity contribution in [2.24, 2.45) is 5.73 Å². The average Bonchev–Trinajstić information content (AvgIpc) is 2.63. The van der Waals surface area contributed by atoms with Crippen molar-refractivity contribution in [1.29, 1.82) is 0 Å². The molecule has 0 aromatic heterocycles. The Morgan fingerprint density at radius 2 is 2.29 bits per heavy atom. The maximum Gasteiger partial charge on any atom is 0.243 e. The van der Waals surface area contributed by atoms with Gasteiger partial charge in [-0.25, -0.2) is 0 Å². The second-order valence-corrected chi connectivity index (χ2v) is 4.66. The van der Waals surface area contributed by atoms with E-state index in [1.165, 1.54) is 0 Å². The first kappa shape index (κ1) is 14.0. The Bertz CT molecular complexity index is 396. The molecule has 0 aromatic carbocycles. The fourth-order valence-electron chi connectivity index (χ4n) is 2.05. The van der Waals surface area contributed by atoms with E-state index < -0.39 is 6.04 Å². The van der Waals surface area contributed by atoms with E-state index in [-0.39, 0.29) is 11.9 Å². The highest BCUT2D eigenvalue weighted by Gasteiger charge is 2.33. The molecule has 94 valence electrons. The fourth-order valence-corrected chi connectivity index (χ4v) is 2.22. The van der Waals surface area contributed by atoms with E-state index in [0.717, 1.165) is 17.7 Å². The van der Waals surface area contributed by atoms with Gasteiger partial charge in [0.1, 0.15) is 0 Å². The third kappa shape index (κ3) is 2.61. The highest BCUT2D eigenvalue weighted by atomic mass is 35.5. The third-order valence-electron chi connectivity index (χ3n) is 2.87. The number of carbonyl (C=O) groups is 1. The van der Waals surface area contributed by atoms with E-state index in [1.54, 1.807) is 17.9 Å². The molecule has 1 heterocycles. The molecule has 0 fully saturated rings. The van der Waals surface area contributed by atoms with Crippen molar-refractivity contribution in [3.63, 3.8) is 0 Å². The Labute approximate surface area is 108 Å². The summed E-state index contributed by atoms with van der Waals surface area (Å²) in [6, 6.07) is -0.443. The predicted octanol–water partition coefficient (Wildman–Crippen LogP) is 2.54. The van der Waals surface area contributed by atoms with Gasteiger partial charge in [-0.1, -0.05) is 24.3 Å². The number of carbonyl (C=O) groups excluding carboxylic acids is 1. The molecule has 2 N–H and O–H groups in total. The third-order valence-corrected chi connectivity index (χ3v) is 3.32. The lowest BCUT2D eigenvalue weighted by Gasteiger charge is -2.25. The van der Waals surface area contributed by atoms with E-state index in [4.69, 9.17) is 17.3 Å². The Kier molecular flexibility index (Phi) is 4.54. The topological polar surface area (TPSA) is 46.3 Å². The van der Waals surface area contributed by atoms with Crippen molar-refractivity contribution in [1.82, 2.24) is 4.90 Å². The average molecular weight is 255 g/mol. The molecule has 1 aliphatic heterocycles. The lowest BCUT2D eigenvalue weighted by atomic mass is 10.1. The first-order valence-electron chi connectivity index (χ1n) is 5.70. The van der Waals surface area contributed by atoms with Crippen LogP contribution in [0, 0.1) is 0 Å². The molecule has 0 saturated heterocycles. The normalized spacial score (nSPS) is 23.0. The van der Waals surface area contributed by atoms with Gasteiger partial charge in [0.25, 0.3) is 0 Å². The Hall–Kier alpha value is -1.06. The summed E-state index contributed by atoms with van der Waals surface area (Å²) in [6.45, 7) is 9.30. The second kappa shape index (κ2) is 5.52. The molecule has 0 aliphatic carbocycles. The molecule has 0 saturated carbocycles. The van der Waals surface area contributed by atoms with Crippen LogP contribution in [-0.2, 0) is 4.79 Å². The number of hydrogen-bond acceptors (Lipinski definition) is 2. The van der Waals surface area contributed by atoms with Crippen LogP contribution in [0.3, 0.4) is 0 Å². The monoisotopic (exact) mass is 254 g/mol. The number of nitrogens with zero attached hydrogens (tertiary/aromatic N) is 1. The molecule has 0 spiro atoms. The summed E-state index contributed by atoms with van der Waals surface area (Å²) in [6.07, 6.45) is 4.24. The number of amides is 1. The summed E-state index contributed by atoms with van der Waals surface area (Å²) in [5, 5.41) is 0.673. The zero-order valence-electron chi connectivity index (χ0n) is 10.5. The largest absolute Gasteiger partial charge is 0.320 e. The summed E-state index contributed by atoms with van der Waals surface area (Å²) in [4.78, 5) is 13.7. The molecule has 1 aliphatic rings. The number of halogens is 1. The molecule has 1 rings (SSSR count). The van der Waals surface area contributed by atoms with Crippen molar-refractivity contribution >= 4 is 17.5 Å². The number of hydrogen-bond donors (Lipinski definition) is 1. The maximum absolute atomic E-state index is 12.0. The molecule has 17 heavy (non-hydrogen) atoms. The zero-order chi connectivity index (χ0) is 13.2. The zero-order valence-corrected chi connectivity index (χ0v) is 11.3. The van der Waals surface area contributed by atoms with E-state index in [2.05, 4.69) is 6.58 Å². The Morgan fingerprint density at radius 1 is 1.71 bits per heavy atom. The summed E-state index contributed by atoms with van der Waals surface area (Å²) >= 11 is 6.15. The van der Waals surface area contributed by atoms with Crippen LogP contribution in [0.15, 0.2) is 35.0 Å². The SMILES string of the molecule is C=CC1=C(/C(Cl)=C\C)CC(C)N1C(=O)[C@@H](C)N. The minimum Gasteiger partial charge on any atom is -0.320 e. The summed E-state index contributed by atoms with van der Waals surface area (Å²) in [5.41, 5.74) is 7.40. The van der Waals surface area contributed by atoms with E-state index >= 15 is 0 Å². The second-order valence-electron chi connectivity index (χ2n) is 4.25. The molecule has 2 atom stereocenters. The van der Waals surface area contributed by atoms with Crippen LogP contribution in [0.5, 0.6) is 0 Å². The molecular weight excluding hydrogens is 236 g/mol. The quantitative estimate of drug-likeness (QED) is 0.841. The van der Waals surface area contributed by atoms with Crippen LogP contribution in [0.1, 0.15) is 27.2 Å². The van der Waals surface area contributed by atoms with Gasteiger partial charge in [-0.2, -0.15) is 0 Å². The van der Waals surface area contributed by atoms with Crippen LogP contribution in [0.2, 0.25) is 0 Å². The molecule has 4 heteroatoms. The molecule has 1 unspecified atom stereocenters. The number of nitrogens with two attached hydrogens (primary N) is 1. The van der Waals surface area contributed by atoms with Gasteiger partial charge in [-0.05, 0) is 38.8 Å². The summed E-state index contributed by atoms with van der Waals surface area (Å²) < 4.78 is 0. The van der Waals surface area contributed by atoms with Crippen molar-refractivity contribution in [2.45, 2.75) is 39.3 Å². The minimum atomic E-state index is -0.517. The smallest absolute Gasteiger partial charge is 0.243 e. The standard InChI is InChI=1S/C13H19ClN2O/c1-5-11(14)10-7-8(3)16(12(10)6-2)13(17)9(4)15/h5-6,8-9H,2,7,15H2,1,3-4H3/b11-5+/t8?,9-/m1/s1. The highest BCUT2D eigenvalue weighted by Crippen LogP contribution is 2.35. The van der Waals surface area contributed by atoms with Crippen LogP contribution >= 0.6 is 11.6 Å². The summed E-state index contributed by atoms with van der Waals surface area (Å²) in [5.74, 6) is -0.0945. The van der Waals surface area contributed by atoms with Gasteiger partial charge in [0, 0.05) is 16.8 Å². The van der Waals surface area contributed by atoms with Crippen molar-refractivity contribution in [3.8, 4) is 0 Å². The van der Waals surface area contributed by atoms with E-state index in [0.29, 0.717) is 5.03 Å². The first-order valence-corrected chi connectivity index (χ1v) is 6.08. The molecule has 1 amide bonds. The number of rotatable bonds is 3. The van der Waals surface area contributed by atoms with Crippen LogP contribution in [0.4, 0.5) is 0 Å². The highest BCUT2D eigenvalue weighted by molar-refractivity contribution is 6.32. The van der Waals surface area contributed by atoms with Gasteiger partial charge in [-0.15, -0.1) is 0 Å². The molecule has 0 bridgehead atoms. The minimum absolute atomic E-state index is 0.0743. The molecule has 3 nitrogen and oxygen atoms in total. The van der Waals surface area contributed by atoms with Gasteiger partial charge >= 0.3 is 0 Å². The van der Waals surface area contributed by atoms with Gasteiger partial charge in [-0.3, -0.25) is 4.79 Å². The van der Waals surface area contributed by atoms with Gasteiger partial charge in [0.15, 0.2) is 0 Å². The number of allylic oxidation sites excluding steroid dienone is 3. The summed E-state index contributed by atoms with van der Waals surface area (Å²) in [7, 11) is 0. The Balaban J connectivity index is 3.19. The van der Waals surface area contributed by atoms with Crippen molar-refractivity contribution in [3.05, 3.63) is 35.0 Å². The Morgan fingerprint density at radius 3 is 2.71 bits per heavy atom. The van der Waals surface area contributed by atoms with Gasteiger partial charge in [0.2, 0.25) is 5.91 Å². The van der Waals surface area contributed by atoms with Crippen LogP contribution < -0.4 is 5.73 Å². The lowest BCUT2D eigenvalue weighted by molar-refractivity contribution is -0.131. The lowest BCUT2D eigenvalue weighted by Crippen LogP contribution is -2.43. The predicted molar refractivity (Wildman–Crippen MR) is 71.4 cm³/mol. The van der Waals surface area contributed by atoms with Crippen molar-refractivity contribution < 1.29 is 4.79 Å². The van der Waals surface area contributed by atoms with Crippen LogP contribution in [-0.4, -0.2) is 22.9 Å². The molecule has 0 radical (unpaired) electrons.